The molecule has 0 aliphatic heterocycles. The Balaban J connectivity index is 1.97. The Morgan fingerprint density at radius 3 is 2.59 bits per heavy atom. The van der Waals surface area contributed by atoms with E-state index >= 15 is 0 Å². The molecule has 1 aromatic rings. The smallest absolute Gasteiger partial charge is 0.308 e. The van der Waals surface area contributed by atoms with Crippen LogP contribution in [0.2, 0.25) is 0 Å². The third-order valence-electron chi connectivity index (χ3n) is 3.63. The molecule has 0 aromatic carbocycles. The van der Waals surface area contributed by atoms with Gasteiger partial charge in [0.2, 0.25) is 5.91 Å². The molecule has 1 aliphatic rings. The van der Waals surface area contributed by atoms with Gasteiger partial charge in [-0.25, -0.2) is 0 Å². The highest BCUT2D eigenvalue weighted by atomic mass is 16.4. The third kappa shape index (κ3) is 3.87. The second-order valence-corrected chi connectivity index (χ2v) is 5.63. The quantitative estimate of drug-likeness (QED) is 0.786. The number of hydrogen-bond acceptors (Lipinski definition) is 4. The van der Waals surface area contributed by atoms with Crippen LogP contribution in [0.15, 0.2) is 22.8 Å². The Bertz CT molecular complexity index is 550. The van der Waals surface area contributed by atoms with Gasteiger partial charge in [-0.2, -0.15) is 0 Å². The van der Waals surface area contributed by atoms with Crippen LogP contribution in [0.3, 0.4) is 0 Å². The van der Waals surface area contributed by atoms with Crippen molar-refractivity contribution in [3.8, 4) is 0 Å². The van der Waals surface area contributed by atoms with Crippen molar-refractivity contribution in [2.24, 2.45) is 5.92 Å². The van der Waals surface area contributed by atoms with E-state index in [2.05, 4.69) is 5.32 Å². The van der Waals surface area contributed by atoms with Gasteiger partial charge in [0, 0.05) is 12.6 Å². The third-order valence-corrected chi connectivity index (χ3v) is 3.63. The first-order chi connectivity index (χ1) is 10.4. The van der Waals surface area contributed by atoms with Gasteiger partial charge >= 0.3 is 5.97 Å². The van der Waals surface area contributed by atoms with Crippen molar-refractivity contribution in [1.82, 2.24) is 10.2 Å². The van der Waals surface area contributed by atoms with Crippen LogP contribution in [0, 0.1) is 5.92 Å². The van der Waals surface area contributed by atoms with Crippen LogP contribution in [0.25, 0.3) is 0 Å². The molecule has 2 unspecified atom stereocenters. The zero-order chi connectivity index (χ0) is 16.3. The second kappa shape index (κ2) is 6.64. The molecular weight excluding hydrogens is 288 g/mol. The molecule has 2 atom stereocenters. The highest BCUT2D eigenvalue weighted by Crippen LogP contribution is 2.28. The number of nitrogens with one attached hydrogen (secondary N) is 1. The minimum Gasteiger partial charge on any atom is -0.481 e. The van der Waals surface area contributed by atoms with Gasteiger partial charge in [0.25, 0.3) is 5.91 Å². The van der Waals surface area contributed by atoms with E-state index in [9.17, 15) is 14.4 Å². The van der Waals surface area contributed by atoms with Crippen LogP contribution < -0.4 is 5.32 Å². The van der Waals surface area contributed by atoms with Gasteiger partial charge in [-0.3, -0.25) is 14.4 Å². The summed E-state index contributed by atoms with van der Waals surface area (Å²) in [6.07, 6.45) is 3.13. The van der Waals surface area contributed by atoms with E-state index in [1.807, 2.05) is 0 Å². The molecule has 7 heteroatoms. The second-order valence-electron chi connectivity index (χ2n) is 5.63. The van der Waals surface area contributed by atoms with Crippen LogP contribution >= 0.6 is 0 Å². The van der Waals surface area contributed by atoms with Gasteiger partial charge in [0.1, 0.15) is 6.04 Å². The number of carbonyl (C=O) groups excluding carboxylic acids is 2. The summed E-state index contributed by atoms with van der Waals surface area (Å²) in [6.45, 7) is 3.31. The number of nitrogens with zero attached hydrogens (tertiary/aromatic N) is 1. The molecule has 1 fully saturated rings. The van der Waals surface area contributed by atoms with Crippen LogP contribution in [0.5, 0.6) is 0 Å². The number of carbonyl (C=O) groups is 3. The summed E-state index contributed by atoms with van der Waals surface area (Å²) in [4.78, 5) is 36.9. The van der Waals surface area contributed by atoms with Gasteiger partial charge in [-0.05, 0) is 31.9 Å². The maximum atomic E-state index is 12.5. The molecule has 7 nitrogen and oxygen atoms in total. The molecule has 1 heterocycles. The number of aliphatic carboxylic acids is 1. The first kappa shape index (κ1) is 16.1. The van der Waals surface area contributed by atoms with Gasteiger partial charge in [0.15, 0.2) is 5.76 Å². The lowest BCUT2D eigenvalue weighted by atomic mass is 10.1. The lowest BCUT2D eigenvalue weighted by Crippen LogP contribution is -2.49. The van der Waals surface area contributed by atoms with E-state index in [0.29, 0.717) is 0 Å². The van der Waals surface area contributed by atoms with Crippen LogP contribution in [-0.2, 0) is 9.59 Å². The van der Waals surface area contributed by atoms with Crippen molar-refractivity contribution < 1.29 is 23.9 Å². The van der Waals surface area contributed by atoms with Crippen LogP contribution in [0.1, 0.15) is 37.2 Å². The van der Waals surface area contributed by atoms with Gasteiger partial charge < -0.3 is 19.7 Å². The molecule has 0 radical (unpaired) electrons. The van der Waals surface area contributed by atoms with E-state index in [4.69, 9.17) is 9.52 Å². The summed E-state index contributed by atoms with van der Waals surface area (Å²) >= 11 is 0. The van der Waals surface area contributed by atoms with Gasteiger partial charge in [0.05, 0.1) is 12.2 Å². The fraction of sp³-hybridized carbons (Fsp3) is 0.533. The molecule has 0 bridgehead atoms. The predicted octanol–water partition coefficient (Wildman–Crippen LogP) is 1.11. The van der Waals surface area contributed by atoms with Crippen molar-refractivity contribution in [1.29, 1.82) is 0 Å². The SMILES string of the molecule is CC(CN(C(=O)C(C)NC(=O)c1ccco1)C1CC1)C(=O)O. The Kier molecular flexibility index (Phi) is 4.85. The minimum absolute atomic E-state index is 0.0808. The molecule has 1 aromatic heterocycles. The monoisotopic (exact) mass is 308 g/mol. The molecule has 1 saturated carbocycles. The van der Waals surface area contributed by atoms with E-state index in [0.717, 1.165) is 12.8 Å². The number of carboxylic acids is 1. The van der Waals surface area contributed by atoms with Crippen molar-refractivity contribution in [3.63, 3.8) is 0 Å². The highest BCUT2D eigenvalue weighted by Gasteiger charge is 2.36. The number of hydrogen-bond donors (Lipinski definition) is 2. The molecule has 120 valence electrons. The van der Waals surface area contributed by atoms with Gasteiger partial charge in [-0.1, -0.05) is 6.92 Å². The normalized spacial score (nSPS) is 16.6. The Hall–Kier alpha value is -2.31. The zero-order valence-electron chi connectivity index (χ0n) is 12.6. The number of furan rings is 1. The Morgan fingerprint density at radius 2 is 2.09 bits per heavy atom. The summed E-state index contributed by atoms with van der Waals surface area (Å²) in [7, 11) is 0. The van der Waals surface area contributed by atoms with E-state index < -0.39 is 23.8 Å². The summed E-state index contributed by atoms with van der Waals surface area (Å²) in [5.74, 6) is -2.18. The van der Waals surface area contributed by atoms with E-state index in [1.54, 1.807) is 24.8 Å². The molecular formula is C15H20N2O5. The minimum atomic E-state index is -0.939. The number of amides is 2. The zero-order valence-corrected chi connectivity index (χ0v) is 12.6. The maximum Gasteiger partial charge on any atom is 0.308 e. The summed E-state index contributed by atoms with van der Waals surface area (Å²) < 4.78 is 4.98. The Morgan fingerprint density at radius 1 is 1.41 bits per heavy atom. The lowest BCUT2D eigenvalue weighted by Gasteiger charge is -2.27. The molecule has 0 spiro atoms. The predicted molar refractivity (Wildman–Crippen MR) is 77.2 cm³/mol. The largest absolute Gasteiger partial charge is 0.481 e. The fourth-order valence-electron chi connectivity index (χ4n) is 2.16. The molecule has 2 N–H and O–H groups in total. The summed E-state index contributed by atoms with van der Waals surface area (Å²) in [5.41, 5.74) is 0. The van der Waals surface area contributed by atoms with Crippen molar-refractivity contribution in [2.75, 3.05) is 6.54 Å². The molecule has 0 saturated heterocycles. The molecule has 2 rings (SSSR count). The van der Waals surface area contributed by atoms with Crippen molar-refractivity contribution in [3.05, 3.63) is 24.2 Å². The first-order valence-electron chi connectivity index (χ1n) is 7.27. The van der Waals surface area contributed by atoms with Crippen molar-refractivity contribution in [2.45, 2.75) is 38.8 Å². The number of rotatable bonds is 7. The average molecular weight is 308 g/mol. The van der Waals surface area contributed by atoms with Crippen LogP contribution in [0.4, 0.5) is 0 Å². The van der Waals surface area contributed by atoms with Gasteiger partial charge in [-0.15, -0.1) is 0 Å². The molecule has 22 heavy (non-hydrogen) atoms. The number of carboxylic acid groups (broad SMARTS) is 1. The lowest BCUT2D eigenvalue weighted by molar-refractivity contribution is -0.143. The highest BCUT2D eigenvalue weighted by molar-refractivity contribution is 5.95. The summed E-state index contributed by atoms with van der Waals surface area (Å²) in [6, 6.07) is 2.45. The fourth-order valence-corrected chi connectivity index (χ4v) is 2.16. The molecule has 2 amide bonds. The average Bonchev–Trinajstić information content (AvgIpc) is 3.16. The first-order valence-corrected chi connectivity index (χ1v) is 7.27. The summed E-state index contributed by atoms with van der Waals surface area (Å²) in [5, 5.41) is 11.6. The standard InChI is InChI=1S/C15H20N2O5/c1-9(15(20)21)8-17(11-5-6-11)14(19)10(2)16-13(18)12-4-3-7-22-12/h3-4,7,9-11H,5-6,8H2,1-2H3,(H,16,18)(H,20,21). The Labute approximate surface area is 128 Å². The molecule has 1 aliphatic carbocycles. The van der Waals surface area contributed by atoms with E-state index in [1.165, 1.54) is 12.3 Å². The van der Waals surface area contributed by atoms with Crippen molar-refractivity contribution >= 4 is 17.8 Å². The van der Waals surface area contributed by atoms with Crippen LogP contribution in [-0.4, -0.2) is 46.4 Å². The maximum absolute atomic E-state index is 12.5. The van der Waals surface area contributed by atoms with E-state index in [-0.39, 0.29) is 24.3 Å². The topological polar surface area (TPSA) is 99.9 Å².